The molecule has 1 saturated heterocycles. The van der Waals surface area contributed by atoms with Crippen molar-refractivity contribution >= 4 is 15.9 Å². The topological polar surface area (TPSA) is 84.9 Å². The van der Waals surface area contributed by atoms with Crippen molar-refractivity contribution in [2.24, 2.45) is 0 Å². The zero-order valence-electron chi connectivity index (χ0n) is 14.8. The normalized spacial score (nSPS) is 21.3. The Hall–Kier alpha value is -1.74. The summed E-state index contributed by atoms with van der Waals surface area (Å²) in [6.07, 6.45) is 2.57. The van der Waals surface area contributed by atoms with E-state index in [1.54, 1.807) is 17.0 Å². The fourth-order valence-electron chi connectivity index (χ4n) is 2.87. The van der Waals surface area contributed by atoms with Crippen LogP contribution < -0.4 is 4.72 Å². The van der Waals surface area contributed by atoms with E-state index in [2.05, 4.69) is 4.72 Å². The van der Waals surface area contributed by atoms with Gasteiger partial charge in [0.2, 0.25) is 10.0 Å². The first-order valence-corrected chi connectivity index (χ1v) is 10.2. The highest BCUT2D eigenvalue weighted by atomic mass is 32.2. The minimum atomic E-state index is -3.72. The third-order valence-corrected chi connectivity index (χ3v) is 5.92. The van der Waals surface area contributed by atoms with Crippen LogP contribution >= 0.6 is 0 Å². The zero-order valence-corrected chi connectivity index (χ0v) is 15.6. The fourth-order valence-corrected chi connectivity index (χ4v) is 3.99. The molecule has 1 fully saturated rings. The van der Waals surface area contributed by atoms with E-state index in [-0.39, 0.29) is 23.5 Å². The quantitative estimate of drug-likeness (QED) is 0.775. The highest BCUT2D eigenvalue weighted by Gasteiger charge is 2.22. The van der Waals surface area contributed by atoms with Crippen LogP contribution in [0.2, 0.25) is 0 Å². The van der Waals surface area contributed by atoms with Gasteiger partial charge in [0.05, 0.1) is 30.8 Å². The van der Waals surface area contributed by atoms with Crippen molar-refractivity contribution in [3.63, 3.8) is 0 Å². The molecule has 1 N–H and O–H groups in total. The van der Waals surface area contributed by atoms with Gasteiger partial charge in [0.25, 0.3) is 5.91 Å². The number of benzene rings is 1. The molecule has 0 saturated carbocycles. The summed E-state index contributed by atoms with van der Waals surface area (Å²) in [4.78, 5) is 14.4. The number of nitrogens with one attached hydrogen (secondary N) is 1. The molecule has 3 rings (SSSR count). The second-order valence-electron chi connectivity index (χ2n) is 6.50. The molecule has 26 heavy (non-hydrogen) atoms. The number of hydrogen-bond donors (Lipinski definition) is 1. The number of amides is 1. The molecule has 1 amide bonds. The molecule has 7 nitrogen and oxygen atoms in total. The lowest BCUT2D eigenvalue weighted by Gasteiger charge is -2.25. The highest BCUT2D eigenvalue weighted by molar-refractivity contribution is 7.89. The SMILES string of the molecule is CC1=CCN(C(=O)c2cccc(S(=O)(=O)NCC3COCCO3)c2)CC1. The van der Waals surface area contributed by atoms with Crippen LogP contribution in [0.3, 0.4) is 0 Å². The van der Waals surface area contributed by atoms with Crippen molar-refractivity contribution in [3.05, 3.63) is 41.5 Å². The maximum atomic E-state index is 12.6. The van der Waals surface area contributed by atoms with Gasteiger partial charge in [0.15, 0.2) is 0 Å². The molecule has 1 unspecified atom stereocenters. The number of hydrogen-bond acceptors (Lipinski definition) is 5. The van der Waals surface area contributed by atoms with Gasteiger partial charge in [-0.1, -0.05) is 17.7 Å². The van der Waals surface area contributed by atoms with E-state index in [0.717, 1.165) is 6.42 Å². The summed E-state index contributed by atoms with van der Waals surface area (Å²) in [5.41, 5.74) is 1.64. The maximum absolute atomic E-state index is 12.6. The van der Waals surface area contributed by atoms with Crippen molar-refractivity contribution < 1.29 is 22.7 Å². The molecule has 0 bridgehead atoms. The van der Waals surface area contributed by atoms with Crippen LogP contribution in [0.1, 0.15) is 23.7 Å². The first-order valence-electron chi connectivity index (χ1n) is 8.70. The molecule has 8 heteroatoms. The molecule has 1 aromatic carbocycles. The second kappa shape index (κ2) is 8.30. The van der Waals surface area contributed by atoms with E-state index >= 15 is 0 Å². The molecule has 0 aromatic heterocycles. The zero-order chi connectivity index (χ0) is 18.6. The molecule has 1 atom stereocenters. The average Bonchev–Trinajstić information content (AvgIpc) is 2.67. The monoisotopic (exact) mass is 380 g/mol. The second-order valence-corrected chi connectivity index (χ2v) is 8.27. The highest BCUT2D eigenvalue weighted by Crippen LogP contribution is 2.17. The molecular formula is C18H24N2O5S. The number of carbonyl (C=O) groups excluding carboxylic acids is 1. The van der Waals surface area contributed by atoms with Crippen molar-refractivity contribution in [3.8, 4) is 0 Å². The largest absolute Gasteiger partial charge is 0.376 e. The third-order valence-electron chi connectivity index (χ3n) is 4.50. The Morgan fingerprint density at radius 2 is 2.19 bits per heavy atom. The van der Waals surface area contributed by atoms with Crippen molar-refractivity contribution in [2.45, 2.75) is 24.3 Å². The van der Waals surface area contributed by atoms with Crippen molar-refractivity contribution in [1.29, 1.82) is 0 Å². The smallest absolute Gasteiger partial charge is 0.254 e. The van der Waals surface area contributed by atoms with Crippen molar-refractivity contribution in [1.82, 2.24) is 9.62 Å². The molecule has 2 aliphatic heterocycles. The molecule has 2 aliphatic rings. The number of rotatable bonds is 5. The Kier molecular flexibility index (Phi) is 6.08. The predicted molar refractivity (Wildman–Crippen MR) is 96.5 cm³/mol. The summed E-state index contributed by atoms with van der Waals surface area (Å²) < 4.78 is 38.3. The van der Waals surface area contributed by atoms with Gasteiger partial charge >= 0.3 is 0 Å². The Labute approximate surface area is 154 Å². The van der Waals surface area contributed by atoms with Gasteiger partial charge in [-0.2, -0.15) is 0 Å². The van der Waals surface area contributed by atoms with Gasteiger partial charge in [0.1, 0.15) is 0 Å². The lowest BCUT2D eigenvalue weighted by atomic mass is 10.1. The molecule has 0 radical (unpaired) electrons. The summed E-state index contributed by atoms with van der Waals surface area (Å²) in [6.45, 7) is 4.73. The van der Waals surface area contributed by atoms with Crippen molar-refractivity contribution in [2.75, 3.05) is 39.5 Å². The van der Waals surface area contributed by atoms with Crippen LogP contribution in [-0.2, 0) is 19.5 Å². The van der Waals surface area contributed by atoms with Crippen LogP contribution in [0.25, 0.3) is 0 Å². The fraction of sp³-hybridized carbons (Fsp3) is 0.500. The first kappa shape index (κ1) is 19.0. The van der Waals surface area contributed by atoms with E-state index in [0.29, 0.717) is 38.5 Å². The lowest BCUT2D eigenvalue weighted by Crippen LogP contribution is -2.39. The van der Waals surface area contributed by atoms with E-state index in [1.807, 2.05) is 13.0 Å². The van der Waals surface area contributed by atoms with E-state index in [1.165, 1.54) is 17.7 Å². The summed E-state index contributed by atoms with van der Waals surface area (Å²) in [5, 5.41) is 0. The minimum Gasteiger partial charge on any atom is -0.376 e. The van der Waals surface area contributed by atoms with Gasteiger partial charge in [-0.3, -0.25) is 4.79 Å². The molecule has 142 valence electrons. The van der Waals surface area contributed by atoms with E-state index < -0.39 is 10.0 Å². The van der Waals surface area contributed by atoms with Gasteiger partial charge in [-0.25, -0.2) is 13.1 Å². The summed E-state index contributed by atoms with van der Waals surface area (Å²) in [5.74, 6) is -0.158. The molecular weight excluding hydrogens is 356 g/mol. The van der Waals surface area contributed by atoms with E-state index in [4.69, 9.17) is 9.47 Å². The Balaban J connectivity index is 1.68. The van der Waals surface area contributed by atoms with Gasteiger partial charge in [-0.05, 0) is 31.5 Å². The maximum Gasteiger partial charge on any atom is 0.254 e. The Morgan fingerprint density at radius 3 is 2.88 bits per heavy atom. The molecule has 0 spiro atoms. The first-order chi connectivity index (χ1) is 12.5. The number of carbonyl (C=O) groups is 1. The Bertz CT molecular complexity index is 785. The Morgan fingerprint density at radius 1 is 1.35 bits per heavy atom. The van der Waals surface area contributed by atoms with Crippen LogP contribution in [0.5, 0.6) is 0 Å². The lowest BCUT2D eigenvalue weighted by molar-refractivity contribution is -0.0846. The van der Waals surface area contributed by atoms with E-state index in [9.17, 15) is 13.2 Å². The van der Waals surface area contributed by atoms with Crippen LogP contribution in [-0.4, -0.2) is 64.8 Å². The number of nitrogens with zero attached hydrogens (tertiary/aromatic N) is 1. The van der Waals surface area contributed by atoms with Crippen LogP contribution in [0.15, 0.2) is 40.8 Å². The number of ether oxygens (including phenoxy) is 2. The summed E-state index contributed by atoms with van der Waals surface area (Å²) in [6, 6.07) is 6.14. The summed E-state index contributed by atoms with van der Waals surface area (Å²) in [7, 11) is -3.72. The average molecular weight is 380 g/mol. The molecule has 0 aliphatic carbocycles. The predicted octanol–water partition coefficient (Wildman–Crippen LogP) is 1.17. The van der Waals surface area contributed by atoms with Gasteiger partial charge < -0.3 is 14.4 Å². The minimum absolute atomic E-state index is 0.0730. The van der Waals surface area contributed by atoms with Crippen LogP contribution in [0, 0.1) is 0 Å². The van der Waals surface area contributed by atoms with Gasteiger partial charge in [0, 0.05) is 25.2 Å². The van der Waals surface area contributed by atoms with Crippen LogP contribution in [0.4, 0.5) is 0 Å². The van der Waals surface area contributed by atoms with Gasteiger partial charge in [-0.15, -0.1) is 0 Å². The third kappa shape index (κ3) is 4.70. The number of sulfonamides is 1. The molecule has 1 aromatic rings. The standard InChI is InChI=1S/C18H24N2O5S/c1-14-5-7-20(8-6-14)18(21)15-3-2-4-17(11-15)26(22,23)19-12-16-13-24-9-10-25-16/h2-5,11,16,19H,6-10,12-13H2,1H3. The molecule has 2 heterocycles. The summed E-state index contributed by atoms with van der Waals surface area (Å²) >= 11 is 0.